The average Bonchev–Trinajstić information content (AvgIpc) is 1.81. The summed E-state index contributed by atoms with van der Waals surface area (Å²) in [5.74, 6) is -21.1. The summed E-state index contributed by atoms with van der Waals surface area (Å²) in [6.07, 6.45) is -4.91. The van der Waals surface area contributed by atoms with Crippen molar-refractivity contribution in [3.05, 3.63) is 35.9 Å². The summed E-state index contributed by atoms with van der Waals surface area (Å²) >= 11 is 0. The van der Waals surface area contributed by atoms with Gasteiger partial charge in [-0.15, -0.1) is 0 Å². The Morgan fingerprint density at radius 2 is 0.796 bits per heavy atom. The molecule has 1 fully saturated rings. The Morgan fingerprint density at radius 1 is 0.462 bits per heavy atom. The molecule has 13 atom stereocenters. The van der Waals surface area contributed by atoms with Gasteiger partial charge in [-0.2, -0.15) is 0 Å². The number of carbonyl (C=O) groups excluding carboxylic acids is 16. The minimum Gasteiger partial charge on any atom is -0.480 e. The van der Waals surface area contributed by atoms with Crippen LogP contribution in [0.4, 0.5) is 0 Å². The Bertz CT molecular complexity index is 2890. The first-order chi connectivity index (χ1) is 43.7. The molecule has 39 heteroatoms. The number of likely N-dealkylation sites (tertiary alicyclic amines) is 1. The number of carboxylic acids is 1. The van der Waals surface area contributed by atoms with E-state index in [0.29, 0.717) is 12.0 Å². The van der Waals surface area contributed by atoms with Crippen LogP contribution in [0.15, 0.2) is 30.3 Å². The van der Waals surface area contributed by atoms with E-state index in [9.17, 15) is 107 Å². The molecule has 39 nitrogen and oxygen atoms in total. The lowest BCUT2D eigenvalue weighted by molar-refractivity contribution is -0.143. The molecule has 1 aromatic carbocycles. The van der Waals surface area contributed by atoms with E-state index in [1.54, 1.807) is 44.2 Å². The monoisotopic (exact) mass is 1320 g/mol. The molecule has 0 radical (unpaired) electrons. The van der Waals surface area contributed by atoms with Crippen molar-refractivity contribution in [1.29, 1.82) is 0 Å². The molecule has 0 bridgehead atoms. The van der Waals surface area contributed by atoms with Gasteiger partial charge >= 0.3 is 5.97 Å². The summed E-state index contributed by atoms with van der Waals surface area (Å²) in [5, 5.41) is 71.7. The topological polar surface area (TPSA) is 671 Å². The number of hydrogen-bond donors (Lipinski definition) is 21. The van der Waals surface area contributed by atoms with Crippen LogP contribution in [0.2, 0.25) is 0 Å². The number of nitrogens with zero attached hydrogens (tertiary/aromatic N) is 1. The highest BCUT2D eigenvalue weighted by Gasteiger charge is 2.41. The van der Waals surface area contributed by atoms with Crippen molar-refractivity contribution >= 4 is 100 Å². The van der Waals surface area contributed by atoms with Gasteiger partial charge in [-0.25, -0.2) is 4.79 Å². The van der Waals surface area contributed by atoms with Crippen LogP contribution in [0.5, 0.6) is 0 Å². The van der Waals surface area contributed by atoms with Gasteiger partial charge in [0.25, 0.3) is 0 Å². The van der Waals surface area contributed by atoms with E-state index in [-0.39, 0.29) is 31.7 Å². The average molecular weight is 1320 g/mol. The summed E-state index contributed by atoms with van der Waals surface area (Å²) in [4.78, 5) is 222. The second-order valence-electron chi connectivity index (χ2n) is 21.5. The van der Waals surface area contributed by atoms with E-state index >= 15 is 0 Å². The number of primary amides is 5. The molecule has 516 valence electrons. The number of aliphatic carboxylic acids is 1. The second kappa shape index (κ2) is 39.3. The van der Waals surface area contributed by atoms with Crippen molar-refractivity contribution in [2.75, 3.05) is 33.0 Å². The minimum atomic E-state index is -2.11. The molecule has 2 rings (SSSR count). The largest absolute Gasteiger partial charge is 0.480 e. The molecule has 1 heterocycles. The first-order valence-corrected chi connectivity index (χ1v) is 28.9. The number of hydrogen-bond acceptors (Lipinski definition) is 22. The van der Waals surface area contributed by atoms with E-state index in [1.807, 2.05) is 16.0 Å². The summed E-state index contributed by atoms with van der Waals surface area (Å²) in [5.41, 5.74) is 33.0. The first-order valence-electron chi connectivity index (χ1n) is 28.9. The Hall–Kier alpha value is -9.99. The third-order valence-electron chi connectivity index (χ3n) is 14.3. The van der Waals surface area contributed by atoms with Crippen molar-refractivity contribution in [3.8, 4) is 0 Å². The molecule has 0 unspecified atom stereocenters. The van der Waals surface area contributed by atoms with E-state index in [0.717, 1.165) is 4.90 Å². The van der Waals surface area contributed by atoms with Crippen LogP contribution in [0, 0.1) is 5.92 Å². The fourth-order valence-electron chi connectivity index (χ4n) is 8.89. The summed E-state index contributed by atoms with van der Waals surface area (Å²) < 4.78 is 0. The number of benzene rings is 1. The van der Waals surface area contributed by atoms with E-state index < -0.39 is 244 Å². The van der Waals surface area contributed by atoms with Gasteiger partial charge in [-0.05, 0) is 37.2 Å². The quantitative estimate of drug-likeness (QED) is 0.0289. The van der Waals surface area contributed by atoms with Crippen LogP contribution in [0.25, 0.3) is 0 Å². The van der Waals surface area contributed by atoms with Gasteiger partial charge in [-0.1, -0.05) is 50.6 Å². The first kappa shape index (κ1) is 79.1. The Labute approximate surface area is 530 Å². The maximum absolute atomic E-state index is 13.8. The molecule has 1 aromatic rings. The van der Waals surface area contributed by atoms with E-state index in [1.165, 1.54) is 0 Å². The lowest BCUT2D eigenvalue weighted by Gasteiger charge is -2.30. The standard InChI is InChI=1S/C54H83N17O22/c1-3-24(2)42(60)52(90)65-30(19-41(59)80)53(91)71-15-7-10-36(71)51(89)70-35(23-75)50(88)69-34(22-74)49(87)68-33(21-73)48(86)62-27(12-14-38(56)77)44(82)64-29(18-40(58)79)46(84)67-32(20-72)47(85)61-26(11-13-37(55)76)43(81)63-28(17-39(57)78)45(83)66-31(54(92)93)16-25-8-5-4-6-9-25/h4-6,8-9,24,26-36,42,72-75H,3,7,10-23,60H2,1-2H3,(H2,55,76)(H2,56,77)(H2,57,78)(H2,58,79)(H2,59,80)(H,61,85)(H,62,86)(H,63,81)(H,64,82)(H,65,90)(H,66,83)(H,67,84)(H,68,87)(H,69,88)(H,70,89)(H,92,93)/t24-,26-,27-,28-,29-,30-,31-,32-,33-,34-,35-,36-,42-/m0/s1. The molecule has 93 heavy (non-hydrogen) atoms. The van der Waals surface area contributed by atoms with Crippen molar-refractivity contribution in [3.63, 3.8) is 0 Å². The predicted molar refractivity (Wildman–Crippen MR) is 316 cm³/mol. The van der Waals surface area contributed by atoms with E-state index in [2.05, 4.69) is 37.2 Å². The number of carbonyl (C=O) groups is 17. The molecular weight excluding hydrogens is 1240 g/mol. The lowest BCUT2D eigenvalue weighted by atomic mass is 9.99. The van der Waals surface area contributed by atoms with Gasteiger partial charge in [0.2, 0.25) is 94.5 Å². The van der Waals surface area contributed by atoms with Crippen molar-refractivity contribution in [2.45, 2.75) is 157 Å². The highest BCUT2D eigenvalue weighted by atomic mass is 16.4. The van der Waals surface area contributed by atoms with Gasteiger partial charge in [0, 0.05) is 25.8 Å². The molecule has 1 saturated heterocycles. The number of rotatable bonds is 42. The van der Waals surface area contributed by atoms with Gasteiger partial charge in [0.15, 0.2) is 0 Å². The maximum Gasteiger partial charge on any atom is 0.326 e. The Kier molecular flexibility index (Phi) is 33.4. The summed E-state index contributed by atoms with van der Waals surface area (Å²) in [7, 11) is 0. The number of nitrogens with one attached hydrogen (secondary N) is 10. The second-order valence-corrected chi connectivity index (χ2v) is 21.5. The lowest BCUT2D eigenvalue weighted by Crippen LogP contribution is -2.62. The smallest absolute Gasteiger partial charge is 0.326 e. The molecule has 1 aliphatic rings. The Balaban J connectivity index is 2.27. The zero-order valence-electron chi connectivity index (χ0n) is 50.8. The van der Waals surface area contributed by atoms with Gasteiger partial charge in [-0.3, -0.25) is 76.7 Å². The van der Waals surface area contributed by atoms with E-state index in [4.69, 9.17) is 34.4 Å². The van der Waals surface area contributed by atoms with Crippen LogP contribution in [0.3, 0.4) is 0 Å². The molecule has 0 spiro atoms. The third kappa shape index (κ3) is 26.8. The minimum absolute atomic E-state index is 0.00416. The fourth-order valence-corrected chi connectivity index (χ4v) is 8.89. The van der Waals surface area contributed by atoms with Gasteiger partial charge in [0.05, 0.1) is 51.7 Å². The van der Waals surface area contributed by atoms with Crippen molar-refractivity contribution < 1.29 is 107 Å². The molecular formula is C54H83N17O22. The summed E-state index contributed by atoms with van der Waals surface area (Å²) in [6, 6.07) is -13.6. The molecule has 0 aromatic heterocycles. The number of nitrogens with two attached hydrogens (primary N) is 6. The summed E-state index contributed by atoms with van der Waals surface area (Å²) in [6.45, 7) is -1.60. The van der Waals surface area contributed by atoms with Crippen LogP contribution in [-0.4, -0.2) is 236 Å². The third-order valence-corrected chi connectivity index (χ3v) is 14.3. The zero-order valence-corrected chi connectivity index (χ0v) is 50.8. The molecule has 16 amide bonds. The predicted octanol–water partition coefficient (Wildman–Crippen LogP) is -12.3. The van der Waals surface area contributed by atoms with Crippen LogP contribution in [-0.2, 0) is 87.9 Å². The van der Waals surface area contributed by atoms with Gasteiger partial charge < -0.3 is 118 Å². The van der Waals surface area contributed by atoms with Crippen molar-refractivity contribution in [1.82, 2.24) is 58.1 Å². The normalized spacial score (nSPS) is 16.5. The molecule has 0 aliphatic carbocycles. The fraction of sp³-hybridized carbons (Fsp3) is 0.574. The SMILES string of the molecule is CC[C@H](C)[C@H](N)C(=O)N[C@@H](CC(N)=O)C(=O)N1CCC[C@H]1C(=O)N[C@@H](CO)C(=O)N[C@@H](CO)C(=O)N[C@@H](CO)C(=O)N[C@@H](CCC(N)=O)C(=O)N[C@@H](CC(N)=O)C(=O)N[C@@H](CO)C(=O)N[C@@H](CCC(N)=O)C(=O)N[C@@H](CC(N)=O)C(=O)N[C@@H](Cc1ccccc1)C(=O)O. The number of aliphatic hydroxyl groups is 4. The Morgan fingerprint density at radius 3 is 1.16 bits per heavy atom. The molecule has 1 aliphatic heterocycles. The van der Waals surface area contributed by atoms with Crippen LogP contribution in [0.1, 0.15) is 83.6 Å². The van der Waals surface area contributed by atoms with Crippen molar-refractivity contribution in [2.24, 2.45) is 40.3 Å². The number of aliphatic hydroxyl groups excluding tert-OH is 4. The molecule has 0 saturated carbocycles. The highest BCUT2D eigenvalue weighted by Crippen LogP contribution is 2.20. The van der Waals surface area contributed by atoms with Crippen LogP contribution >= 0.6 is 0 Å². The number of carboxylic acid groups (broad SMARTS) is 1. The highest BCUT2D eigenvalue weighted by molar-refractivity contribution is 6.01. The number of amides is 16. The van der Waals surface area contributed by atoms with Gasteiger partial charge in [0.1, 0.15) is 66.5 Å². The molecule has 27 N–H and O–H groups in total. The van der Waals surface area contributed by atoms with Crippen LogP contribution < -0.4 is 87.6 Å². The maximum atomic E-state index is 13.8. The zero-order chi connectivity index (χ0) is 70.4.